The van der Waals surface area contributed by atoms with Crippen LogP contribution >= 0.6 is 0 Å². The fourth-order valence-electron chi connectivity index (χ4n) is 1.77. The summed E-state index contributed by atoms with van der Waals surface area (Å²) in [7, 11) is 0. The van der Waals surface area contributed by atoms with Crippen LogP contribution in [0.3, 0.4) is 0 Å². The summed E-state index contributed by atoms with van der Waals surface area (Å²) in [5.74, 6) is 1.60. The molecule has 1 aromatic rings. The number of aromatic nitrogens is 2. The summed E-state index contributed by atoms with van der Waals surface area (Å²) in [6.45, 7) is 8.45. The monoisotopic (exact) mass is 266 g/mol. The van der Waals surface area contributed by atoms with E-state index in [4.69, 9.17) is 5.11 Å². The van der Waals surface area contributed by atoms with Gasteiger partial charge in [-0.2, -0.15) is 0 Å². The summed E-state index contributed by atoms with van der Waals surface area (Å²) >= 11 is 0. The van der Waals surface area contributed by atoms with Crippen molar-refractivity contribution < 1.29 is 5.11 Å². The second-order valence-electron chi connectivity index (χ2n) is 5.56. The summed E-state index contributed by atoms with van der Waals surface area (Å²) in [5.41, 5.74) is 0.136. The highest BCUT2D eigenvalue weighted by Crippen LogP contribution is 2.22. The van der Waals surface area contributed by atoms with Gasteiger partial charge in [-0.3, -0.25) is 4.98 Å². The first kappa shape index (κ1) is 15.7. The fraction of sp³-hybridized carbons (Fsp3) is 0.714. The molecular weight excluding hydrogens is 240 g/mol. The third kappa shape index (κ3) is 6.38. The molecule has 5 nitrogen and oxygen atoms in total. The van der Waals surface area contributed by atoms with E-state index >= 15 is 0 Å². The minimum atomic E-state index is 0.136. The van der Waals surface area contributed by atoms with Crippen molar-refractivity contribution in [3.63, 3.8) is 0 Å². The predicted octanol–water partition coefficient (Wildman–Crippen LogP) is 2.51. The standard InChI is InChI=1S/C14H26N4O/c1-4-7-16-12-9-15-10-13(18-12)17-11-14(2,3)6-5-8-19/h9-10,19H,4-8,11H2,1-3H3,(H2,16,17,18). The first-order chi connectivity index (χ1) is 9.07. The molecule has 0 aliphatic heterocycles. The summed E-state index contributed by atoms with van der Waals surface area (Å²) in [6.07, 6.45) is 6.35. The fourth-order valence-corrected chi connectivity index (χ4v) is 1.77. The number of aliphatic hydroxyl groups excluding tert-OH is 1. The summed E-state index contributed by atoms with van der Waals surface area (Å²) in [4.78, 5) is 8.63. The molecule has 0 radical (unpaired) electrons. The van der Waals surface area contributed by atoms with E-state index in [0.717, 1.165) is 44.0 Å². The van der Waals surface area contributed by atoms with Crippen LogP contribution < -0.4 is 10.6 Å². The Morgan fingerprint density at radius 3 is 2.53 bits per heavy atom. The Kier molecular flexibility index (Phi) is 6.56. The van der Waals surface area contributed by atoms with Crippen molar-refractivity contribution >= 4 is 11.6 Å². The van der Waals surface area contributed by atoms with Gasteiger partial charge in [-0.1, -0.05) is 20.8 Å². The zero-order valence-electron chi connectivity index (χ0n) is 12.2. The van der Waals surface area contributed by atoms with Crippen molar-refractivity contribution in [3.8, 4) is 0 Å². The Morgan fingerprint density at radius 2 is 1.89 bits per heavy atom. The van der Waals surface area contributed by atoms with Gasteiger partial charge in [0.2, 0.25) is 0 Å². The average molecular weight is 266 g/mol. The Labute approximate surface area is 115 Å². The molecule has 0 saturated carbocycles. The maximum atomic E-state index is 8.88. The molecular formula is C14H26N4O. The first-order valence-electron chi connectivity index (χ1n) is 6.98. The quantitative estimate of drug-likeness (QED) is 0.640. The van der Waals surface area contributed by atoms with Gasteiger partial charge in [0.05, 0.1) is 12.4 Å². The third-order valence-electron chi connectivity index (χ3n) is 2.95. The van der Waals surface area contributed by atoms with Gasteiger partial charge in [-0.05, 0) is 24.7 Å². The van der Waals surface area contributed by atoms with E-state index in [0.29, 0.717) is 0 Å². The maximum Gasteiger partial charge on any atom is 0.146 e. The lowest BCUT2D eigenvalue weighted by atomic mass is 9.88. The molecule has 0 fully saturated rings. The van der Waals surface area contributed by atoms with Gasteiger partial charge < -0.3 is 15.7 Å². The van der Waals surface area contributed by atoms with Gasteiger partial charge in [-0.25, -0.2) is 4.98 Å². The number of rotatable bonds is 9. The maximum absolute atomic E-state index is 8.88. The molecule has 0 saturated heterocycles. The van der Waals surface area contributed by atoms with Crippen molar-refractivity contribution in [2.45, 2.75) is 40.0 Å². The van der Waals surface area contributed by atoms with E-state index < -0.39 is 0 Å². The minimum Gasteiger partial charge on any atom is -0.396 e. The zero-order valence-corrected chi connectivity index (χ0v) is 12.2. The molecule has 108 valence electrons. The number of aliphatic hydroxyl groups is 1. The number of nitrogens with one attached hydrogen (secondary N) is 2. The molecule has 1 heterocycles. The minimum absolute atomic E-state index is 0.136. The van der Waals surface area contributed by atoms with Gasteiger partial charge in [0.25, 0.3) is 0 Å². The zero-order chi connectivity index (χ0) is 14.1. The van der Waals surface area contributed by atoms with Crippen LogP contribution in [0.25, 0.3) is 0 Å². The number of anilines is 2. The highest BCUT2D eigenvalue weighted by molar-refractivity contribution is 5.41. The van der Waals surface area contributed by atoms with E-state index in [1.807, 2.05) is 0 Å². The van der Waals surface area contributed by atoms with E-state index in [-0.39, 0.29) is 12.0 Å². The Bertz CT molecular complexity index is 368. The van der Waals surface area contributed by atoms with Crippen LogP contribution in [0.4, 0.5) is 11.6 Å². The smallest absolute Gasteiger partial charge is 0.146 e. The van der Waals surface area contributed by atoms with Crippen LogP contribution in [0.5, 0.6) is 0 Å². The van der Waals surface area contributed by atoms with Crippen LogP contribution in [0.15, 0.2) is 12.4 Å². The molecule has 5 heteroatoms. The van der Waals surface area contributed by atoms with Gasteiger partial charge in [0.15, 0.2) is 0 Å². The number of nitrogens with zero attached hydrogens (tertiary/aromatic N) is 2. The van der Waals surface area contributed by atoms with Gasteiger partial charge >= 0.3 is 0 Å². The van der Waals surface area contributed by atoms with Crippen LogP contribution in [0, 0.1) is 5.41 Å². The summed E-state index contributed by atoms with van der Waals surface area (Å²) < 4.78 is 0. The molecule has 0 bridgehead atoms. The Morgan fingerprint density at radius 1 is 1.21 bits per heavy atom. The second kappa shape index (κ2) is 7.94. The topological polar surface area (TPSA) is 70.1 Å². The van der Waals surface area contributed by atoms with Crippen LogP contribution in [0.1, 0.15) is 40.0 Å². The summed E-state index contributed by atoms with van der Waals surface area (Å²) in [5, 5.41) is 15.4. The van der Waals surface area contributed by atoms with E-state index in [1.54, 1.807) is 12.4 Å². The molecule has 19 heavy (non-hydrogen) atoms. The molecule has 0 unspecified atom stereocenters. The second-order valence-corrected chi connectivity index (χ2v) is 5.56. The lowest BCUT2D eigenvalue weighted by molar-refractivity contribution is 0.248. The van der Waals surface area contributed by atoms with Gasteiger partial charge in [0, 0.05) is 19.7 Å². The van der Waals surface area contributed by atoms with Crippen molar-refractivity contribution in [1.29, 1.82) is 0 Å². The predicted molar refractivity (Wildman–Crippen MR) is 79.4 cm³/mol. The third-order valence-corrected chi connectivity index (χ3v) is 2.95. The molecule has 0 aliphatic rings. The van der Waals surface area contributed by atoms with E-state index in [9.17, 15) is 0 Å². The molecule has 0 spiro atoms. The van der Waals surface area contributed by atoms with Crippen LogP contribution in [0.2, 0.25) is 0 Å². The van der Waals surface area contributed by atoms with Crippen LogP contribution in [-0.2, 0) is 0 Å². The van der Waals surface area contributed by atoms with E-state index in [1.165, 1.54) is 0 Å². The van der Waals surface area contributed by atoms with E-state index in [2.05, 4.69) is 41.4 Å². The SMILES string of the molecule is CCCNc1cncc(NCC(C)(C)CCCO)n1. The first-order valence-corrected chi connectivity index (χ1v) is 6.98. The van der Waals surface area contributed by atoms with Crippen molar-refractivity contribution in [1.82, 2.24) is 9.97 Å². The molecule has 1 rings (SSSR count). The molecule has 3 N–H and O–H groups in total. The number of hydrogen-bond donors (Lipinski definition) is 3. The Hall–Kier alpha value is -1.36. The number of hydrogen-bond acceptors (Lipinski definition) is 5. The lowest BCUT2D eigenvalue weighted by Gasteiger charge is -2.24. The van der Waals surface area contributed by atoms with Gasteiger partial charge in [-0.15, -0.1) is 0 Å². The van der Waals surface area contributed by atoms with Gasteiger partial charge in [0.1, 0.15) is 11.6 Å². The largest absolute Gasteiger partial charge is 0.396 e. The van der Waals surface area contributed by atoms with Crippen molar-refractivity contribution in [2.24, 2.45) is 5.41 Å². The van der Waals surface area contributed by atoms with Crippen molar-refractivity contribution in [3.05, 3.63) is 12.4 Å². The van der Waals surface area contributed by atoms with Crippen LogP contribution in [-0.4, -0.2) is 34.8 Å². The summed E-state index contributed by atoms with van der Waals surface area (Å²) in [6, 6.07) is 0. The molecule has 0 aliphatic carbocycles. The van der Waals surface area contributed by atoms with Crippen molar-refractivity contribution in [2.75, 3.05) is 30.3 Å². The molecule has 1 aromatic heterocycles. The highest BCUT2D eigenvalue weighted by Gasteiger charge is 2.17. The molecule has 0 aromatic carbocycles. The molecule has 0 amide bonds. The Balaban J connectivity index is 2.48. The average Bonchev–Trinajstić information content (AvgIpc) is 2.41. The molecule has 0 atom stereocenters. The normalized spacial score (nSPS) is 11.4. The highest BCUT2D eigenvalue weighted by atomic mass is 16.2. The lowest BCUT2D eigenvalue weighted by Crippen LogP contribution is -2.24.